The average Bonchev–Trinajstić information content (AvgIpc) is 2.80. The summed E-state index contributed by atoms with van der Waals surface area (Å²) in [4.78, 5) is 15.6. The number of fused-ring (bicyclic) bond motifs is 1. The Labute approximate surface area is 112 Å². The Morgan fingerprint density at radius 2 is 2.00 bits per heavy atom. The summed E-state index contributed by atoms with van der Waals surface area (Å²) >= 11 is 0. The van der Waals surface area contributed by atoms with Gasteiger partial charge in [-0.05, 0) is 37.3 Å². The first-order chi connectivity index (χ1) is 9.56. The van der Waals surface area contributed by atoms with Crippen LogP contribution in [0.5, 0.6) is 0 Å². The molecule has 0 fully saturated rings. The Hall–Kier alpha value is -2.76. The maximum Gasteiger partial charge on any atom is 0.336 e. The number of aromatic nitrogens is 2. The molecule has 2 heterocycles. The van der Waals surface area contributed by atoms with Gasteiger partial charge >= 0.3 is 5.97 Å². The molecule has 0 aliphatic rings. The molecule has 0 saturated heterocycles. The molecule has 0 radical (unpaired) electrons. The van der Waals surface area contributed by atoms with Crippen LogP contribution in [0.4, 0.5) is 4.39 Å². The van der Waals surface area contributed by atoms with E-state index < -0.39 is 5.97 Å². The molecular formula is C14H9FN2O3. The Morgan fingerprint density at radius 3 is 2.65 bits per heavy atom. The number of aryl methyl sites for hydroxylation is 1. The lowest BCUT2D eigenvalue weighted by molar-refractivity contribution is 0.0699. The zero-order chi connectivity index (χ0) is 14.3. The molecular weight excluding hydrogens is 263 g/mol. The molecule has 1 N–H and O–H groups in total. The molecule has 0 atom stereocenters. The van der Waals surface area contributed by atoms with E-state index in [1.165, 1.54) is 30.3 Å². The van der Waals surface area contributed by atoms with Crippen molar-refractivity contribution in [3.8, 4) is 11.3 Å². The average molecular weight is 272 g/mol. The molecule has 1 aromatic carbocycles. The molecule has 20 heavy (non-hydrogen) atoms. The van der Waals surface area contributed by atoms with Crippen LogP contribution < -0.4 is 0 Å². The van der Waals surface area contributed by atoms with Crippen LogP contribution in [0.2, 0.25) is 0 Å². The highest BCUT2D eigenvalue weighted by Crippen LogP contribution is 2.27. The summed E-state index contributed by atoms with van der Waals surface area (Å²) in [5.41, 5.74) is 1.68. The van der Waals surface area contributed by atoms with Gasteiger partial charge in [0.1, 0.15) is 5.82 Å². The van der Waals surface area contributed by atoms with Gasteiger partial charge in [-0.2, -0.15) is 0 Å². The second-order valence-electron chi connectivity index (χ2n) is 4.32. The summed E-state index contributed by atoms with van der Waals surface area (Å²) in [6.07, 6.45) is 0. The predicted molar refractivity (Wildman–Crippen MR) is 68.9 cm³/mol. The fraction of sp³-hybridized carbons (Fsp3) is 0.0714. The molecule has 3 aromatic rings. The van der Waals surface area contributed by atoms with E-state index in [2.05, 4.69) is 10.1 Å². The molecule has 0 bridgehead atoms. The van der Waals surface area contributed by atoms with Crippen LogP contribution >= 0.6 is 0 Å². The van der Waals surface area contributed by atoms with Crippen LogP contribution in [0.15, 0.2) is 34.9 Å². The molecule has 5 nitrogen and oxygen atoms in total. The number of hydrogen-bond acceptors (Lipinski definition) is 4. The van der Waals surface area contributed by atoms with Gasteiger partial charge in [-0.15, -0.1) is 0 Å². The smallest absolute Gasteiger partial charge is 0.336 e. The van der Waals surface area contributed by atoms with E-state index in [9.17, 15) is 14.3 Å². The summed E-state index contributed by atoms with van der Waals surface area (Å²) in [5, 5.41) is 13.4. The van der Waals surface area contributed by atoms with Gasteiger partial charge < -0.3 is 9.63 Å². The minimum absolute atomic E-state index is 0.0630. The molecule has 0 aliphatic carbocycles. The minimum Gasteiger partial charge on any atom is -0.478 e. The van der Waals surface area contributed by atoms with Gasteiger partial charge in [0, 0.05) is 5.56 Å². The number of benzene rings is 1. The van der Waals surface area contributed by atoms with Gasteiger partial charge in [-0.25, -0.2) is 14.2 Å². The van der Waals surface area contributed by atoms with Crippen LogP contribution in [0.3, 0.4) is 0 Å². The van der Waals surface area contributed by atoms with Crippen molar-refractivity contribution in [2.24, 2.45) is 0 Å². The number of carbonyl (C=O) groups is 1. The van der Waals surface area contributed by atoms with Crippen molar-refractivity contribution < 1.29 is 18.8 Å². The standard InChI is InChI=1S/C14H9FN2O3/c1-7-12-10(14(18)19)6-11(16-13(12)20-17-7)8-2-4-9(15)5-3-8/h2-6H,1H3,(H,18,19). The van der Waals surface area contributed by atoms with E-state index >= 15 is 0 Å². The lowest BCUT2D eigenvalue weighted by Gasteiger charge is -2.03. The molecule has 6 heteroatoms. The number of rotatable bonds is 2. The van der Waals surface area contributed by atoms with E-state index in [1.807, 2.05) is 0 Å². The zero-order valence-corrected chi connectivity index (χ0v) is 10.4. The highest BCUT2D eigenvalue weighted by molar-refractivity contribution is 6.03. The van der Waals surface area contributed by atoms with E-state index in [0.29, 0.717) is 22.3 Å². The van der Waals surface area contributed by atoms with Crippen molar-refractivity contribution >= 4 is 17.1 Å². The lowest BCUT2D eigenvalue weighted by Crippen LogP contribution is -2.00. The van der Waals surface area contributed by atoms with Crippen molar-refractivity contribution in [2.45, 2.75) is 6.92 Å². The van der Waals surface area contributed by atoms with Gasteiger partial charge in [0.05, 0.1) is 22.3 Å². The highest BCUT2D eigenvalue weighted by Gasteiger charge is 2.18. The number of aromatic carboxylic acids is 1. The Morgan fingerprint density at radius 1 is 1.30 bits per heavy atom. The van der Waals surface area contributed by atoms with Crippen molar-refractivity contribution in [3.05, 3.63) is 47.4 Å². The lowest BCUT2D eigenvalue weighted by atomic mass is 10.1. The number of hydrogen-bond donors (Lipinski definition) is 1. The molecule has 2 aromatic heterocycles. The Balaban J connectivity index is 2.27. The number of nitrogens with zero attached hydrogens (tertiary/aromatic N) is 2. The van der Waals surface area contributed by atoms with Crippen molar-refractivity contribution in [3.63, 3.8) is 0 Å². The van der Waals surface area contributed by atoms with Gasteiger partial charge in [-0.1, -0.05) is 5.16 Å². The van der Waals surface area contributed by atoms with E-state index in [4.69, 9.17) is 4.52 Å². The van der Waals surface area contributed by atoms with Crippen molar-refractivity contribution in [1.82, 2.24) is 10.1 Å². The highest BCUT2D eigenvalue weighted by atomic mass is 19.1. The maximum atomic E-state index is 12.9. The van der Waals surface area contributed by atoms with Gasteiger partial charge in [0.25, 0.3) is 5.71 Å². The number of carboxylic acids is 1. The van der Waals surface area contributed by atoms with Crippen LogP contribution in [0.25, 0.3) is 22.4 Å². The van der Waals surface area contributed by atoms with Crippen LogP contribution in [0, 0.1) is 12.7 Å². The fourth-order valence-electron chi connectivity index (χ4n) is 2.03. The van der Waals surface area contributed by atoms with E-state index in [1.54, 1.807) is 6.92 Å². The summed E-state index contributed by atoms with van der Waals surface area (Å²) in [6.45, 7) is 1.65. The molecule has 0 spiro atoms. The molecule has 3 rings (SSSR count). The Kier molecular flexibility index (Phi) is 2.71. The monoisotopic (exact) mass is 272 g/mol. The van der Waals surface area contributed by atoms with Gasteiger partial charge in [0.2, 0.25) is 0 Å². The van der Waals surface area contributed by atoms with E-state index in [-0.39, 0.29) is 17.1 Å². The summed E-state index contributed by atoms with van der Waals surface area (Å²) in [5.74, 6) is -1.46. The molecule has 100 valence electrons. The van der Waals surface area contributed by atoms with Crippen molar-refractivity contribution in [1.29, 1.82) is 0 Å². The first-order valence-corrected chi connectivity index (χ1v) is 5.82. The van der Waals surface area contributed by atoms with Crippen LogP contribution in [-0.4, -0.2) is 21.2 Å². The Bertz CT molecular complexity index is 809. The van der Waals surface area contributed by atoms with Gasteiger partial charge in [0.15, 0.2) is 0 Å². The fourth-order valence-corrected chi connectivity index (χ4v) is 2.03. The second-order valence-corrected chi connectivity index (χ2v) is 4.32. The first-order valence-electron chi connectivity index (χ1n) is 5.82. The summed E-state index contributed by atoms with van der Waals surface area (Å²) in [6, 6.07) is 7.05. The molecule has 0 saturated carbocycles. The summed E-state index contributed by atoms with van der Waals surface area (Å²) < 4.78 is 18.0. The number of halogens is 1. The predicted octanol–water partition coefficient (Wildman–Crippen LogP) is 3.04. The largest absolute Gasteiger partial charge is 0.478 e. The number of pyridine rings is 1. The molecule has 0 amide bonds. The third-order valence-electron chi connectivity index (χ3n) is 2.99. The van der Waals surface area contributed by atoms with Crippen molar-refractivity contribution in [2.75, 3.05) is 0 Å². The van der Waals surface area contributed by atoms with Crippen LogP contribution in [0.1, 0.15) is 16.1 Å². The second kappa shape index (κ2) is 4.41. The maximum absolute atomic E-state index is 12.9. The normalized spacial score (nSPS) is 10.9. The third-order valence-corrected chi connectivity index (χ3v) is 2.99. The molecule has 0 unspecified atom stereocenters. The van der Waals surface area contributed by atoms with Gasteiger partial charge in [-0.3, -0.25) is 0 Å². The SMILES string of the molecule is Cc1noc2nc(-c3ccc(F)cc3)cc(C(=O)O)c12. The zero-order valence-electron chi connectivity index (χ0n) is 10.4. The first kappa shape index (κ1) is 12.3. The van der Waals surface area contributed by atoms with E-state index in [0.717, 1.165) is 0 Å². The van der Waals surface area contributed by atoms with Crippen LogP contribution in [-0.2, 0) is 0 Å². The topological polar surface area (TPSA) is 76.2 Å². The third kappa shape index (κ3) is 1.91. The summed E-state index contributed by atoms with van der Waals surface area (Å²) in [7, 11) is 0. The minimum atomic E-state index is -1.09. The molecule has 0 aliphatic heterocycles. The quantitative estimate of drug-likeness (QED) is 0.775. The number of carboxylic acid groups (broad SMARTS) is 1.